The van der Waals surface area contributed by atoms with Crippen LogP contribution in [0.15, 0.2) is 0 Å². The van der Waals surface area contributed by atoms with Crippen molar-refractivity contribution in [2.24, 2.45) is 22.7 Å². The lowest BCUT2D eigenvalue weighted by molar-refractivity contribution is -0.160. The third kappa shape index (κ3) is 5.08. The number of ether oxygens (including phenoxy) is 1. The number of esters is 1. The molecule has 0 saturated heterocycles. The summed E-state index contributed by atoms with van der Waals surface area (Å²) >= 11 is 0. The number of hydrogen-bond donors (Lipinski definition) is 1. The molecule has 4 atom stereocenters. The normalized spacial score (nSPS) is 28.6. The van der Waals surface area contributed by atoms with Crippen molar-refractivity contribution in [2.75, 3.05) is 0 Å². The average Bonchev–Trinajstić information content (AvgIpc) is 2.50. The third-order valence-electron chi connectivity index (χ3n) is 6.80. The van der Waals surface area contributed by atoms with Gasteiger partial charge in [-0.1, -0.05) is 34.1 Å². The lowest BCUT2D eigenvalue weighted by atomic mass is 9.51. The number of carboxylic acids is 1. The smallest absolute Gasteiger partial charge is 0.307 e. The summed E-state index contributed by atoms with van der Waals surface area (Å²) in [6, 6.07) is 0. The molecule has 1 rings (SSSR count). The van der Waals surface area contributed by atoms with E-state index in [-0.39, 0.29) is 17.3 Å². The van der Waals surface area contributed by atoms with E-state index in [1.165, 1.54) is 6.92 Å². The van der Waals surface area contributed by atoms with Gasteiger partial charge in [-0.15, -0.1) is 0 Å². The van der Waals surface area contributed by atoms with Crippen LogP contribution in [0.5, 0.6) is 0 Å². The molecule has 0 spiro atoms. The van der Waals surface area contributed by atoms with Gasteiger partial charge >= 0.3 is 11.9 Å². The number of aldehydes is 1. The lowest BCUT2D eigenvalue weighted by Gasteiger charge is -2.53. The second-order valence-electron chi connectivity index (χ2n) is 9.13. The van der Waals surface area contributed by atoms with Gasteiger partial charge in [0.05, 0.1) is 5.92 Å². The van der Waals surface area contributed by atoms with E-state index in [9.17, 15) is 19.5 Å². The molecule has 1 aliphatic rings. The molecule has 1 N–H and O–H groups in total. The van der Waals surface area contributed by atoms with E-state index < -0.39 is 22.9 Å². The molecule has 5 heteroatoms. The van der Waals surface area contributed by atoms with Crippen LogP contribution in [0.4, 0.5) is 0 Å². The van der Waals surface area contributed by atoms with Crippen molar-refractivity contribution in [1.29, 1.82) is 0 Å². The fourth-order valence-corrected chi connectivity index (χ4v) is 5.10. The van der Waals surface area contributed by atoms with Gasteiger partial charge in [0.15, 0.2) is 0 Å². The standard InChI is InChI=1S/C21H36O5/c1-7-20(5,26-15(2)23)13-9-16(18(24)25)21(6)12-8-11-19(3,4)17(21)10-14-22/h14,16-17H,7-13H2,1-6H3,(H,24,25)/t16-,17-,20-,21+/m0/s1. The quantitative estimate of drug-likeness (QED) is 0.474. The highest BCUT2D eigenvalue weighted by atomic mass is 16.6. The minimum Gasteiger partial charge on any atom is -0.481 e. The summed E-state index contributed by atoms with van der Waals surface area (Å²) in [5.74, 6) is -1.69. The van der Waals surface area contributed by atoms with Crippen LogP contribution in [0.1, 0.15) is 86.5 Å². The Morgan fingerprint density at radius 3 is 2.38 bits per heavy atom. The Kier molecular flexibility index (Phi) is 7.43. The van der Waals surface area contributed by atoms with Crippen molar-refractivity contribution in [1.82, 2.24) is 0 Å². The fourth-order valence-electron chi connectivity index (χ4n) is 5.10. The molecule has 5 nitrogen and oxygen atoms in total. The van der Waals surface area contributed by atoms with Gasteiger partial charge in [0.2, 0.25) is 0 Å². The highest BCUT2D eigenvalue weighted by Crippen LogP contribution is 2.57. The summed E-state index contributed by atoms with van der Waals surface area (Å²) in [7, 11) is 0. The van der Waals surface area contributed by atoms with Crippen LogP contribution in [0.3, 0.4) is 0 Å². The van der Waals surface area contributed by atoms with E-state index >= 15 is 0 Å². The molecule has 0 aliphatic heterocycles. The van der Waals surface area contributed by atoms with Gasteiger partial charge in [-0.2, -0.15) is 0 Å². The zero-order chi connectivity index (χ0) is 20.2. The van der Waals surface area contributed by atoms with Crippen molar-refractivity contribution in [2.45, 2.75) is 92.1 Å². The molecule has 0 aromatic heterocycles. The first-order valence-electron chi connectivity index (χ1n) is 9.78. The van der Waals surface area contributed by atoms with Crippen molar-refractivity contribution in [3.05, 3.63) is 0 Å². The number of aliphatic carboxylic acids is 1. The molecular formula is C21H36O5. The maximum atomic E-state index is 12.2. The van der Waals surface area contributed by atoms with Crippen LogP contribution in [0.25, 0.3) is 0 Å². The SMILES string of the molecule is CC[C@@](C)(CC[C@@H](C(=O)O)[C@@]1(C)CCCC(C)(C)[C@@H]1CC=O)OC(C)=O. The van der Waals surface area contributed by atoms with E-state index in [1.807, 2.05) is 20.8 Å². The van der Waals surface area contributed by atoms with Crippen molar-refractivity contribution >= 4 is 18.2 Å². The molecule has 0 aromatic rings. The van der Waals surface area contributed by atoms with E-state index in [1.54, 1.807) is 0 Å². The van der Waals surface area contributed by atoms with E-state index in [0.29, 0.717) is 25.7 Å². The van der Waals surface area contributed by atoms with Gasteiger partial charge in [-0.3, -0.25) is 9.59 Å². The Morgan fingerprint density at radius 2 is 1.92 bits per heavy atom. The Bertz CT molecular complexity index is 526. The minimum atomic E-state index is -0.817. The monoisotopic (exact) mass is 368 g/mol. The molecule has 0 bridgehead atoms. The zero-order valence-electron chi connectivity index (χ0n) is 17.3. The predicted molar refractivity (Wildman–Crippen MR) is 101 cm³/mol. The first-order valence-corrected chi connectivity index (χ1v) is 9.78. The molecule has 26 heavy (non-hydrogen) atoms. The number of carboxylic acid groups (broad SMARTS) is 1. The summed E-state index contributed by atoms with van der Waals surface area (Å²) in [4.78, 5) is 34.9. The van der Waals surface area contributed by atoms with Gasteiger partial charge in [0, 0.05) is 13.3 Å². The van der Waals surface area contributed by atoms with Crippen molar-refractivity contribution < 1.29 is 24.2 Å². The maximum Gasteiger partial charge on any atom is 0.307 e. The molecule has 150 valence electrons. The summed E-state index contributed by atoms with van der Waals surface area (Å²) < 4.78 is 5.46. The number of hydrogen-bond acceptors (Lipinski definition) is 4. The van der Waals surface area contributed by atoms with Gasteiger partial charge in [-0.25, -0.2) is 0 Å². The van der Waals surface area contributed by atoms with E-state index in [2.05, 4.69) is 13.8 Å². The van der Waals surface area contributed by atoms with Crippen LogP contribution in [0.2, 0.25) is 0 Å². The molecule has 1 aliphatic carbocycles. The molecule has 0 unspecified atom stereocenters. The highest BCUT2D eigenvalue weighted by Gasteiger charge is 2.52. The molecule has 0 amide bonds. The largest absolute Gasteiger partial charge is 0.481 e. The van der Waals surface area contributed by atoms with E-state index in [4.69, 9.17) is 4.74 Å². The van der Waals surface area contributed by atoms with Gasteiger partial charge in [-0.05, 0) is 55.8 Å². The van der Waals surface area contributed by atoms with Crippen molar-refractivity contribution in [3.8, 4) is 0 Å². The molecular weight excluding hydrogens is 332 g/mol. The average molecular weight is 369 g/mol. The van der Waals surface area contributed by atoms with Crippen LogP contribution >= 0.6 is 0 Å². The van der Waals surface area contributed by atoms with Crippen LogP contribution in [-0.4, -0.2) is 28.9 Å². The first-order chi connectivity index (χ1) is 11.9. The van der Waals surface area contributed by atoms with E-state index in [0.717, 1.165) is 25.5 Å². The lowest BCUT2D eigenvalue weighted by Crippen LogP contribution is -2.49. The summed E-state index contributed by atoms with van der Waals surface area (Å²) in [5.41, 5.74) is -1.16. The Labute approximate surface area is 157 Å². The Balaban J connectivity index is 3.11. The number of carbonyl (C=O) groups is 3. The Morgan fingerprint density at radius 1 is 1.31 bits per heavy atom. The van der Waals surface area contributed by atoms with Crippen LogP contribution in [-0.2, 0) is 19.1 Å². The maximum absolute atomic E-state index is 12.2. The van der Waals surface area contributed by atoms with Gasteiger partial charge in [0.1, 0.15) is 11.9 Å². The molecule has 0 aromatic carbocycles. The fraction of sp³-hybridized carbons (Fsp3) is 0.857. The molecule has 0 radical (unpaired) electrons. The Hall–Kier alpha value is -1.39. The van der Waals surface area contributed by atoms with Crippen LogP contribution in [0, 0.1) is 22.7 Å². The second kappa shape index (κ2) is 8.53. The van der Waals surface area contributed by atoms with Crippen molar-refractivity contribution in [3.63, 3.8) is 0 Å². The topological polar surface area (TPSA) is 80.7 Å². The third-order valence-corrected chi connectivity index (χ3v) is 6.80. The molecule has 1 saturated carbocycles. The number of carbonyl (C=O) groups excluding carboxylic acids is 2. The summed E-state index contributed by atoms with van der Waals surface area (Å²) in [5, 5.41) is 10.0. The zero-order valence-corrected chi connectivity index (χ0v) is 17.3. The summed E-state index contributed by atoms with van der Waals surface area (Å²) in [6.07, 6.45) is 5.69. The second-order valence-corrected chi connectivity index (χ2v) is 9.13. The number of rotatable bonds is 9. The van der Waals surface area contributed by atoms with Gasteiger partial charge in [0.25, 0.3) is 0 Å². The first kappa shape index (κ1) is 22.7. The summed E-state index contributed by atoms with van der Waals surface area (Å²) in [6.45, 7) is 11.5. The minimum absolute atomic E-state index is 0.0314. The highest BCUT2D eigenvalue weighted by molar-refractivity contribution is 5.71. The van der Waals surface area contributed by atoms with Crippen LogP contribution < -0.4 is 0 Å². The molecule has 1 fully saturated rings. The predicted octanol–water partition coefficient (Wildman–Crippen LogP) is 4.62. The van der Waals surface area contributed by atoms with Gasteiger partial charge < -0.3 is 14.6 Å². The molecule has 0 heterocycles.